The van der Waals surface area contributed by atoms with E-state index in [4.69, 9.17) is 5.73 Å². The molecule has 36 heavy (non-hydrogen) atoms. The Morgan fingerprint density at radius 1 is 1.17 bits per heavy atom. The first-order chi connectivity index (χ1) is 17.2. The molecule has 0 radical (unpaired) electrons. The summed E-state index contributed by atoms with van der Waals surface area (Å²) >= 11 is 1.36. The Morgan fingerprint density at radius 3 is 2.47 bits per heavy atom. The highest BCUT2D eigenvalue weighted by Crippen LogP contribution is 2.33. The van der Waals surface area contributed by atoms with Crippen LogP contribution < -0.4 is 16.4 Å². The lowest BCUT2D eigenvalue weighted by Crippen LogP contribution is -2.32. The summed E-state index contributed by atoms with van der Waals surface area (Å²) in [5, 5.41) is 12.6. The van der Waals surface area contributed by atoms with Gasteiger partial charge >= 0.3 is 6.18 Å². The first-order valence-corrected chi connectivity index (χ1v) is 12.0. The molecule has 9 nitrogen and oxygen atoms in total. The Hall–Kier alpha value is -3.83. The minimum Gasteiger partial charge on any atom is -0.404 e. The number of anilines is 1. The molecule has 4 aromatic rings. The second-order valence-electron chi connectivity index (χ2n) is 7.15. The Bertz CT molecular complexity index is 1490. The number of nitrogens with two attached hydrogens (primary N) is 1. The van der Waals surface area contributed by atoms with Gasteiger partial charge in [0.05, 0.1) is 41.7 Å². The topological polar surface area (TPSA) is 124 Å². The Balaban J connectivity index is 1.70. The first-order valence-electron chi connectivity index (χ1n) is 10.2. The number of aliphatic imine (C=N–C) groups is 1. The van der Waals surface area contributed by atoms with Crippen LogP contribution in [0.2, 0.25) is 0 Å². The normalized spacial score (nSPS) is 12.7. The standard InChI is InChI=1S/C22H18F3N8OPS/c1-36-21-14-5-3-2-4-13(14)16(11-28-21)32-18(22(23,24)25)15(9-26)20(34)31-12-8-17(35)19(27-10-12)33-29-6-7-30-33/h2-11H,26,35H2,1H3,(H,31,34). The SMILES string of the molecule is CSc1ncc(N=C(C(=CN)C(=O)Nc2cnc(-n3nccn3)c(P)c2)C(F)(F)F)c2ccccc12. The summed E-state index contributed by atoms with van der Waals surface area (Å²) in [5.74, 6) is -0.745. The van der Waals surface area contributed by atoms with Crippen LogP contribution in [0.25, 0.3) is 16.6 Å². The van der Waals surface area contributed by atoms with Crippen LogP contribution in [0.15, 0.2) is 76.9 Å². The first kappa shape index (κ1) is 25.3. The highest BCUT2D eigenvalue weighted by molar-refractivity contribution is 7.98. The van der Waals surface area contributed by atoms with Gasteiger partial charge in [0.2, 0.25) is 0 Å². The summed E-state index contributed by atoms with van der Waals surface area (Å²) in [6, 6.07) is 8.30. The molecular formula is C22H18F3N8OPS. The number of benzene rings is 1. The van der Waals surface area contributed by atoms with Crippen molar-refractivity contribution < 1.29 is 18.0 Å². The molecule has 0 aliphatic rings. The molecule has 4 rings (SSSR count). The lowest BCUT2D eigenvalue weighted by atomic mass is 10.1. The van der Waals surface area contributed by atoms with Crippen molar-refractivity contribution in [2.24, 2.45) is 10.7 Å². The fourth-order valence-corrected chi connectivity index (χ4v) is 4.22. The van der Waals surface area contributed by atoms with Gasteiger partial charge in [-0.25, -0.2) is 15.0 Å². The highest BCUT2D eigenvalue weighted by atomic mass is 32.2. The Labute approximate surface area is 209 Å². The van der Waals surface area contributed by atoms with Crippen molar-refractivity contribution in [2.45, 2.75) is 11.2 Å². The van der Waals surface area contributed by atoms with Gasteiger partial charge in [0.25, 0.3) is 5.91 Å². The minimum atomic E-state index is -4.98. The number of alkyl halides is 3. The maximum absolute atomic E-state index is 14.1. The average molecular weight is 530 g/mol. The third-order valence-electron chi connectivity index (χ3n) is 4.86. The predicted octanol–water partition coefficient (Wildman–Crippen LogP) is 3.55. The fraction of sp³-hybridized carbons (Fsp3) is 0.0909. The van der Waals surface area contributed by atoms with Crippen LogP contribution in [0.5, 0.6) is 0 Å². The van der Waals surface area contributed by atoms with E-state index < -0.39 is 23.4 Å². The minimum absolute atomic E-state index is 0.0483. The van der Waals surface area contributed by atoms with Gasteiger partial charge in [-0.15, -0.1) is 25.8 Å². The van der Waals surface area contributed by atoms with Gasteiger partial charge in [0, 0.05) is 22.3 Å². The number of carbonyl (C=O) groups is 1. The van der Waals surface area contributed by atoms with E-state index >= 15 is 0 Å². The highest BCUT2D eigenvalue weighted by Gasteiger charge is 2.40. The number of pyridine rings is 2. The van der Waals surface area contributed by atoms with Gasteiger partial charge < -0.3 is 11.1 Å². The number of aromatic nitrogens is 5. The molecule has 1 atom stereocenters. The third-order valence-corrected chi connectivity index (χ3v) is 6.00. The van der Waals surface area contributed by atoms with Crippen LogP contribution in [-0.2, 0) is 4.79 Å². The second-order valence-corrected chi connectivity index (χ2v) is 8.56. The molecule has 3 N–H and O–H groups in total. The number of carbonyl (C=O) groups excluding carboxylic acids is 1. The molecule has 1 unspecified atom stereocenters. The lowest BCUT2D eigenvalue weighted by molar-refractivity contribution is -0.113. The van der Waals surface area contributed by atoms with Crippen molar-refractivity contribution in [2.75, 3.05) is 11.6 Å². The molecule has 1 amide bonds. The molecule has 0 saturated heterocycles. The van der Waals surface area contributed by atoms with Crippen molar-refractivity contribution in [3.63, 3.8) is 0 Å². The van der Waals surface area contributed by atoms with E-state index in [-0.39, 0.29) is 11.4 Å². The van der Waals surface area contributed by atoms with Gasteiger partial charge in [-0.2, -0.15) is 23.4 Å². The Kier molecular flexibility index (Phi) is 7.32. The molecule has 1 aromatic carbocycles. The van der Waals surface area contributed by atoms with Crippen molar-refractivity contribution in [3.05, 3.63) is 66.9 Å². The van der Waals surface area contributed by atoms with Crippen LogP contribution in [-0.4, -0.2) is 49.0 Å². The summed E-state index contributed by atoms with van der Waals surface area (Å²) in [4.78, 5) is 26.3. The van der Waals surface area contributed by atoms with Gasteiger partial charge in [0.1, 0.15) is 5.03 Å². The second kappa shape index (κ2) is 10.4. The summed E-state index contributed by atoms with van der Waals surface area (Å²) in [7, 11) is 2.40. The number of nitrogens with one attached hydrogen (secondary N) is 1. The zero-order valence-corrected chi connectivity index (χ0v) is 20.5. The van der Waals surface area contributed by atoms with E-state index in [1.807, 2.05) is 6.26 Å². The van der Waals surface area contributed by atoms with E-state index in [0.717, 1.165) is 0 Å². The quantitative estimate of drug-likeness (QED) is 0.169. The predicted molar refractivity (Wildman–Crippen MR) is 136 cm³/mol. The van der Waals surface area contributed by atoms with Crippen molar-refractivity contribution in [1.82, 2.24) is 25.0 Å². The van der Waals surface area contributed by atoms with Crippen LogP contribution in [0, 0.1) is 0 Å². The molecule has 184 valence electrons. The zero-order valence-electron chi connectivity index (χ0n) is 18.6. The van der Waals surface area contributed by atoms with Gasteiger partial charge in [-0.1, -0.05) is 24.3 Å². The Morgan fingerprint density at radius 2 is 1.86 bits per heavy atom. The maximum Gasteiger partial charge on any atom is 0.434 e. The van der Waals surface area contributed by atoms with Gasteiger partial charge in [-0.3, -0.25) is 4.79 Å². The average Bonchev–Trinajstić information content (AvgIpc) is 3.38. The van der Waals surface area contributed by atoms with Crippen LogP contribution in [0.1, 0.15) is 0 Å². The summed E-state index contributed by atoms with van der Waals surface area (Å²) in [5.41, 5.74) is 3.27. The van der Waals surface area contributed by atoms with Crippen molar-refractivity contribution >= 4 is 60.1 Å². The molecule has 0 bridgehead atoms. The summed E-state index contributed by atoms with van der Waals surface area (Å²) in [6.45, 7) is 0. The maximum atomic E-state index is 14.1. The molecule has 3 aromatic heterocycles. The van der Waals surface area contributed by atoms with Crippen molar-refractivity contribution in [3.8, 4) is 5.82 Å². The number of amides is 1. The van der Waals surface area contributed by atoms with Gasteiger partial charge in [0.15, 0.2) is 11.5 Å². The molecular weight excluding hydrogens is 512 g/mol. The van der Waals surface area contributed by atoms with Crippen LogP contribution >= 0.6 is 21.0 Å². The molecule has 0 aliphatic carbocycles. The van der Waals surface area contributed by atoms with E-state index in [9.17, 15) is 18.0 Å². The number of hydrogen-bond donors (Lipinski definition) is 2. The lowest BCUT2D eigenvalue weighted by Gasteiger charge is -2.15. The smallest absolute Gasteiger partial charge is 0.404 e. The largest absolute Gasteiger partial charge is 0.434 e. The van der Waals surface area contributed by atoms with Crippen LogP contribution in [0.3, 0.4) is 0 Å². The molecule has 0 saturated carbocycles. The summed E-state index contributed by atoms with van der Waals surface area (Å²) < 4.78 is 42.3. The number of nitrogens with zero attached hydrogens (tertiary/aromatic N) is 6. The number of hydrogen-bond acceptors (Lipinski definition) is 8. The number of rotatable bonds is 6. The number of halogens is 3. The number of fused-ring (bicyclic) bond motifs is 1. The molecule has 0 fully saturated rings. The molecule has 14 heteroatoms. The van der Waals surface area contributed by atoms with E-state index in [0.29, 0.717) is 33.1 Å². The molecule has 0 aliphatic heterocycles. The van der Waals surface area contributed by atoms with E-state index in [1.54, 1.807) is 24.3 Å². The van der Waals surface area contributed by atoms with Crippen molar-refractivity contribution in [1.29, 1.82) is 0 Å². The summed E-state index contributed by atoms with van der Waals surface area (Å²) in [6.07, 6.45) is 2.83. The third kappa shape index (κ3) is 5.21. The van der Waals surface area contributed by atoms with E-state index in [1.165, 1.54) is 47.4 Å². The molecule has 0 spiro atoms. The zero-order chi connectivity index (χ0) is 25.9. The van der Waals surface area contributed by atoms with Gasteiger partial charge in [-0.05, 0) is 12.3 Å². The van der Waals surface area contributed by atoms with Crippen LogP contribution in [0.4, 0.5) is 24.5 Å². The molecule has 3 heterocycles. The van der Waals surface area contributed by atoms with E-state index in [2.05, 4.69) is 39.7 Å². The number of thioether (sulfide) groups is 1. The fourth-order valence-electron chi connectivity index (χ4n) is 3.30. The monoisotopic (exact) mass is 530 g/mol.